The predicted octanol–water partition coefficient (Wildman–Crippen LogP) is 1.92. The van der Waals surface area contributed by atoms with Crippen molar-refractivity contribution in [3.05, 3.63) is 47.5 Å². The SMILES string of the molecule is CCN(CC)S(=O)(=O)c1ccc(C)c(C(=O)NCC(O)COc2ccc3c(c2)OCO3)c1. The number of rotatable bonds is 10. The van der Waals surface area contributed by atoms with Gasteiger partial charge in [0.25, 0.3) is 5.91 Å². The van der Waals surface area contributed by atoms with Gasteiger partial charge < -0.3 is 24.6 Å². The monoisotopic (exact) mass is 464 g/mol. The minimum atomic E-state index is -3.68. The molecule has 32 heavy (non-hydrogen) atoms. The fourth-order valence-corrected chi connectivity index (χ4v) is 4.73. The predicted molar refractivity (Wildman–Crippen MR) is 118 cm³/mol. The van der Waals surface area contributed by atoms with Gasteiger partial charge >= 0.3 is 0 Å². The summed E-state index contributed by atoms with van der Waals surface area (Å²) >= 11 is 0. The molecule has 0 radical (unpaired) electrons. The second-order valence-corrected chi connectivity index (χ2v) is 9.19. The molecular formula is C22H28N2O7S. The lowest BCUT2D eigenvalue weighted by Crippen LogP contribution is -2.36. The molecule has 0 aromatic heterocycles. The normalized spacial score (nSPS) is 13.8. The van der Waals surface area contributed by atoms with Crippen LogP contribution in [0.5, 0.6) is 17.2 Å². The van der Waals surface area contributed by atoms with Crippen LogP contribution in [0.25, 0.3) is 0 Å². The van der Waals surface area contributed by atoms with Gasteiger partial charge in [-0.2, -0.15) is 4.31 Å². The highest BCUT2D eigenvalue weighted by atomic mass is 32.2. The summed E-state index contributed by atoms with van der Waals surface area (Å²) in [7, 11) is -3.68. The zero-order valence-corrected chi connectivity index (χ0v) is 19.1. The van der Waals surface area contributed by atoms with E-state index in [1.807, 2.05) is 0 Å². The van der Waals surface area contributed by atoms with E-state index in [0.29, 0.717) is 35.9 Å². The molecule has 0 aliphatic carbocycles. The van der Waals surface area contributed by atoms with E-state index < -0.39 is 22.0 Å². The van der Waals surface area contributed by atoms with E-state index in [-0.39, 0.29) is 30.4 Å². The molecule has 0 saturated heterocycles. The summed E-state index contributed by atoms with van der Waals surface area (Å²) in [6.07, 6.45) is -0.965. The molecule has 2 aromatic rings. The van der Waals surface area contributed by atoms with Gasteiger partial charge in [0, 0.05) is 31.3 Å². The van der Waals surface area contributed by atoms with E-state index in [1.54, 1.807) is 45.0 Å². The summed E-state index contributed by atoms with van der Waals surface area (Å²) in [5.41, 5.74) is 0.870. The van der Waals surface area contributed by atoms with Crippen LogP contribution in [0.2, 0.25) is 0 Å². The van der Waals surface area contributed by atoms with Crippen LogP contribution in [0.1, 0.15) is 29.8 Å². The van der Waals surface area contributed by atoms with Gasteiger partial charge in [-0.3, -0.25) is 4.79 Å². The first kappa shape index (κ1) is 23.8. The number of nitrogens with zero attached hydrogens (tertiary/aromatic N) is 1. The lowest BCUT2D eigenvalue weighted by atomic mass is 10.1. The molecule has 0 spiro atoms. The van der Waals surface area contributed by atoms with Crippen molar-refractivity contribution in [3.63, 3.8) is 0 Å². The maximum atomic E-state index is 12.8. The summed E-state index contributed by atoms with van der Waals surface area (Å²) < 4.78 is 42.9. The van der Waals surface area contributed by atoms with Crippen molar-refractivity contribution >= 4 is 15.9 Å². The number of aliphatic hydroxyl groups excluding tert-OH is 1. The van der Waals surface area contributed by atoms with E-state index in [4.69, 9.17) is 14.2 Å². The van der Waals surface area contributed by atoms with Gasteiger partial charge in [0.15, 0.2) is 11.5 Å². The van der Waals surface area contributed by atoms with E-state index >= 15 is 0 Å². The Kier molecular flexibility index (Phi) is 7.60. The van der Waals surface area contributed by atoms with Crippen LogP contribution in [0, 0.1) is 6.92 Å². The third-order valence-corrected chi connectivity index (χ3v) is 7.13. The minimum Gasteiger partial charge on any atom is -0.491 e. The molecule has 1 aliphatic rings. The number of carbonyl (C=O) groups is 1. The lowest BCUT2D eigenvalue weighted by Gasteiger charge is -2.19. The highest BCUT2D eigenvalue weighted by molar-refractivity contribution is 7.89. The smallest absolute Gasteiger partial charge is 0.251 e. The number of nitrogens with one attached hydrogen (secondary N) is 1. The largest absolute Gasteiger partial charge is 0.491 e. The summed E-state index contributed by atoms with van der Waals surface area (Å²) in [4.78, 5) is 12.7. The van der Waals surface area contributed by atoms with Crippen LogP contribution in [-0.4, -0.2) is 62.9 Å². The molecule has 0 bridgehead atoms. The van der Waals surface area contributed by atoms with E-state index in [0.717, 1.165) is 0 Å². The van der Waals surface area contributed by atoms with Crippen LogP contribution < -0.4 is 19.5 Å². The molecule has 174 valence electrons. The lowest BCUT2D eigenvalue weighted by molar-refractivity contribution is 0.0843. The number of aryl methyl sites for hydroxylation is 1. The van der Waals surface area contributed by atoms with Crippen LogP contribution in [0.15, 0.2) is 41.3 Å². The van der Waals surface area contributed by atoms with Gasteiger partial charge in [0.2, 0.25) is 16.8 Å². The molecule has 2 N–H and O–H groups in total. The second kappa shape index (κ2) is 10.2. The van der Waals surface area contributed by atoms with E-state index in [2.05, 4.69) is 5.32 Å². The molecule has 1 heterocycles. The standard InChI is InChI=1S/C22H28N2O7S/c1-4-24(5-2)32(27,28)18-8-6-15(3)19(11-18)22(26)23-12-16(25)13-29-17-7-9-20-21(10-17)31-14-30-20/h6-11,16,25H,4-5,12-14H2,1-3H3,(H,23,26). The Morgan fingerprint density at radius 3 is 2.59 bits per heavy atom. The Morgan fingerprint density at radius 2 is 1.88 bits per heavy atom. The van der Waals surface area contributed by atoms with Crippen LogP contribution in [0.4, 0.5) is 0 Å². The minimum absolute atomic E-state index is 0.0463. The van der Waals surface area contributed by atoms with Crippen molar-refractivity contribution in [3.8, 4) is 17.2 Å². The zero-order valence-electron chi connectivity index (χ0n) is 18.3. The molecule has 0 saturated carbocycles. The summed E-state index contributed by atoms with van der Waals surface area (Å²) in [6.45, 7) is 5.97. The number of amides is 1. The van der Waals surface area contributed by atoms with Crippen molar-refractivity contribution in [1.29, 1.82) is 0 Å². The molecule has 1 aliphatic heterocycles. The van der Waals surface area contributed by atoms with Gasteiger partial charge in [-0.15, -0.1) is 0 Å². The van der Waals surface area contributed by atoms with Crippen molar-refractivity contribution < 1.29 is 32.5 Å². The molecule has 1 amide bonds. The molecule has 1 atom stereocenters. The maximum absolute atomic E-state index is 12.8. The number of fused-ring (bicyclic) bond motifs is 1. The topological polar surface area (TPSA) is 114 Å². The zero-order chi connectivity index (χ0) is 23.3. The molecule has 0 fully saturated rings. The Hall–Kier alpha value is -2.82. The number of hydrogen-bond donors (Lipinski definition) is 2. The molecule has 10 heteroatoms. The molecule has 3 rings (SSSR count). The number of ether oxygens (including phenoxy) is 3. The van der Waals surface area contributed by atoms with Crippen LogP contribution in [-0.2, 0) is 10.0 Å². The highest BCUT2D eigenvalue weighted by Gasteiger charge is 2.23. The quantitative estimate of drug-likeness (QED) is 0.552. The van der Waals surface area contributed by atoms with Crippen molar-refractivity contribution in [1.82, 2.24) is 9.62 Å². The Morgan fingerprint density at radius 1 is 1.16 bits per heavy atom. The molecule has 2 aromatic carbocycles. The van der Waals surface area contributed by atoms with Gasteiger partial charge in [-0.25, -0.2) is 8.42 Å². The number of sulfonamides is 1. The number of aliphatic hydroxyl groups is 1. The van der Waals surface area contributed by atoms with E-state index in [9.17, 15) is 18.3 Å². The number of benzene rings is 2. The van der Waals surface area contributed by atoms with Gasteiger partial charge in [-0.05, 0) is 36.8 Å². The Labute approximate surface area is 187 Å². The maximum Gasteiger partial charge on any atom is 0.251 e. The summed E-state index contributed by atoms with van der Waals surface area (Å²) in [5.74, 6) is 1.23. The van der Waals surface area contributed by atoms with Gasteiger partial charge in [-0.1, -0.05) is 19.9 Å². The first-order chi connectivity index (χ1) is 15.3. The Bertz CT molecular complexity index is 1070. The average Bonchev–Trinajstić information content (AvgIpc) is 3.24. The summed E-state index contributed by atoms with van der Waals surface area (Å²) in [6, 6.07) is 9.54. The van der Waals surface area contributed by atoms with E-state index in [1.165, 1.54) is 16.4 Å². The van der Waals surface area contributed by atoms with Crippen LogP contribution >= 0.6 is 0 Å². The molecule has 9 nitrogen and oxygen atoms in total. The molecule has 1 unspecified atom stereocenters. The fraction of sp³-hybridized carbons (Fsp3) is 0.409. The van der Waals surface area contributed by atoms with Crippen LogP contribution in [0.3, 0.4) is 0 Å². The number of carbonyl (C=O) groups excluding carboxylic acids is 1. The second-order valence-electron chi connectivity index (χ2n) is 7.26. The molecular weight excluding hydrogens is 436 g/mol. The van der Waals surface area contributed by atoms with Gasteiger partial charge in [0.05, 0.1) is 4.90 Å². The first-order valence-corrected chi connectivity index (χ1v) is 11.8. The van der Waals surface area contributed by atoms with Crippen molar-refractivity contribution in [2.45, 2.75) is 31.8 Å². The average molecular weight is 465 g/mol. The van der Waals surface area contributed by atoms with Gasteiger partial charge in [0.1, 0.15) is 18.5 Å². The Balaban J connectivity index is 1.59. The van der Waals surface area contributed by atoms with Crippen molar-refractivity contribution in [2.24, 2.45) is 0 Å². The highest BCUT2D eigenvalue weighted by Crippen LogP contribution is 2.35. The fourth-order valence-electron chi connectivity index (χ4n) is 3.24. The van der Waals surface area contributed by atoms with Crippen molar-refractivity contribution in [2.75, 3.05) is 33.0 Å². The third-order valence-electron chi connectivity index (χ3n) is 5.08. The summed E-state index contributed by atoms with van der Waals surface area (Å²) in [5, 5.41) is 12.8. The number of hydrogen-bond acceptors (Lipinski definition) is 7. The third kappa shape index (κ3) is 5.32. The first-order valence-electron chi connectivity index (χ1n) is 10.4.